The molecular formula is C10H19NO4S. The Bertz CT molecular complexity index is 330. The van der Waals surface area contributed by atoms with Crippen LogP contribution in [-0.4, -0.2) is 57.9 Å². The molecule has 1 N–H and O–H groups in total. The van der Waals surface area contributed by atoms with Crippen molar-refractivity contribution in [2.24, 2.45) is 0 Å². The van der Waals surface area contributed by atoms with E-state index in [1.54, 1.807) is 0 Å². The van der Waals surface area contributed by atoms with Crippen molar-refractivity contribution in [2.75, 3.05) is 31.2 Å². The monoisotopic (exact) mass is 249 g/mol. The van der Waals surface area contributed by atoms with E-state index in [-0.39, 0.29) is 29.8 Å². The van der Waals surface area contributed by atoms with Crippen LogP contribution in [-0.2, 0) is 19.3 Å². The molecule has 0 aromatic carbocycles. The lowest BCUT2D eigenvalue weighted by Gasteiger charge is -2.29. The largest absolute Gasteiger partial charge is 0.374 e. The van der Waals surface area contributed by atoms with E-state index in [9.17, 15) is 8.42 Å². The summed E-state index contributed by atoms with van der Waals surface area (Å²) in [6.07, 6.45) is 0.741. The van der Waals surface area contributed by atoms with Crippen LogP contribution in [0.5, 0.6) is 0 Å². The van der Waals surface area contributed by atoms with Crippen LogP contribution in [0, 0.1) is 0 Å². The highest BCUT2D eigenvalue weighted by Gasteiger charge is 2.29. The zero-order chi connectivity index (χ0) is 11.6. The molecule has 2 fully saturated rings. The molecule has 0 bridgehead atoms. The lowest BCUT2D eigenvalue weighted by Crippen LogP contribution is -2.45. The predicted octanol–water partition coefficient (Wildman–Crippen LogP) is -0.433. The highest BCUT2D eigenvalue weighted by molar-refractivity contribution is 7.91. The number of ether oxygens (including phenoxy) is 2. The van der Waals surface area contributed by atoms with Gasteiger partial charge in [-0.3, -0.25) is 0 Å². The molecule has 3 unspecified atom stereocenters. The molecule has 0 aromatic rings. The van der Waals surface area contributed by atoms with Crippen LogP contribution in [0.3, 0.4) is 0 Å². The lowest BCUT2D eigenvalue weighted by atomic mass is 10.2. The Balaban J connectivity index is 1.71. The van der Waals surface area contributed by atoms with E-state index in [0.717, 1.165) is 13.1 Å². The van der Waals surface area contributed by atoms with Crippen molar-refractivity contribution in [3.8, 4) is 0 Å². The third-order valence-corrected chi connectivity index (χ3v) is 4.67. The van der Waals surface area contributed by atoms with Crippen LogP contribution in [0.2, 0.25) is 0 Å². The molecule has 6 heteroatoms. The second-order valence-electron chi connectivity index (χ2n) is 4.59. The Hall–Kier alpha value is -0.170. The number of hydrogen-bond acceptors (Lipinski definition) is 5. The minimum atomic E-state index is -2.84. The molecule has 2 heterocycles. The maximum atomic E-state index is 11.2. The van der Waals surface area contributed by atoms with Crippen molar-refractivity contribution >= 4 is 9.84 Å². The van der Waals surface area contributed by atoms with Gasteiger partial charge in [0.05, 0.1) is 36.4 Å². The van der Waals surface area contributed by atoms with E-state index >= 15 is 0 Å². The maximum Gasteiger partial charge on any atom is 0.152 e. The fraction of sp³-hybridized carbons (Fsp3) is 1.00. The van der Waals surface area contributed by atoms with Crippen LogP contribution in [0.15, 0.2) is 0 Å². The van der Waals surface area contributed by atoms with Gasteiger partial charge in [0.2, 0.25) is 0 Å². The normalized spacial score (nSPS) is 38.7. The Kier molecular flexibility index (Phi) is 3.84. The SMILES string of the molecule is CC1CNCC(COC2CCS(=O)(=O)C2)O1. The molecule has 2 saturated heterocycles. The molecule has 3 atom stereocenters. The summed E-state index contributed by atoms with van der Waals surface area (Å²) in [5, 5.41) is 3.25. The van der Waals surface area contributed by atoms with E-state index in [0.29, 0.717) is 13.0 Å². The fourth-order valence-corrected chi connectivity index (χ4v) is 3.72. The third kappa shape index (κ3) is 3.41. The molecule has 5 nitrogen and oxygen atoms in total. The zero-order valence-electron chi connectivity index (χ0n) is 9.52. The Morgan fingerprint density at radius 3 is 2.88 bits per heavy atom. The van der Waals surface area contributed by atoms with Gasteiger partial charge in [-0.1, -0.05) is 0 Å². The molecular weight excluding hydrogens is 230 g/mol. The second kappa shape index (κ2) is 5.00. The van der Waals surface area contributed by atoms with E-state index < -0.39 is 9.84 Å². The summed E-state index contributed by atoms with van der Waals surface area (Å²) in [6, 6.07) is 0. The lowest BCUT2D eigenvalue weighted by molar-refractivity contribution is -0.0806. The first-order valence-corrected chi connectivity index (χ1v) is 7.55. The van der Waals surface area contributed by atoms with Gasteiger partial charge in [0.1, 0.15) is 0 Å². The van der Waals surface area contributed by atoms with Crippen LogP contribution in [0.4, 0.5) is 0 Å². The van der Waals surface area contributed by atoms with Gasteiger partial charge in [-0.2, -0.15) is 0 Å². The Morgan fingerprint density at radius 1 is 1.44 bits per heavy atom. The average Bonchev–Trinajstić information content (AvgIpc) is 2.56. The molecule has 2 aliphatic heterocycles. The standard InChI is InChI=1S/C10H19NO4S/c1-8-4-11-5-10(15-8)6-14-9-2-3-16(12,13)7-9/h8-11H,2-7H2,1H3. The van der Waals surface area contributed by atoms with Gasteiger partial charge in [-0.05, 0) is 13.3 Å². The summed E-state index contributed by atoms with van der Waals surface area (Å²) in [6.45, 7) is 4.15. The molecule has 2 rings (SSSR count). The number of sulfone groups is 1. The molecule has 2 aliphatic rings. The van der Waals surface area contributed by atoms with Crippen molar-refractivity contribution in [1.29, 1.82) is 0 Å². The molecule has 0 amide bonds. The van der Waals surface area contributed by atoms with Crippen molar-refractivity contribution in [3.05, 3.63) is 0 Å². The molecule has 0 spiro atoms. The fourth-order valence-electron chi connectivity index (χ4n) is 2.11. The first-order chi connectivity index (χ1) is 7.55. The summed E-state index contributed by atoms with van der Waals surface area (Å²) in [5.41, 5.74) is 0. The van der Waals surface area contributed by atoms with Gasteiger partial charge in [-0.25, -0.2) is 8.42 Å². The van der Waals surface area contributed by atoms with Crippen molar-refractivity contribution in [1.82, 2.24) is 5.32 Å². The molecule has 94 valence electrons. The van der Waals surface area contributed by atoms with Gasteiger partial charge in [-0.15, -0.1) is 0 Å². The molecule has 0 aromatic heterocycles. The summed E-state index contributed by atoms with van der Waals surface area (Å²) >= 11 is 0. The van der Waals surface area contributed by atoms with Gasteiger partial charge in [0, 0.05) is 13.1 Å². The highest BCUT2D eigenvalue weighted by Crippen LogP contribution is 2.15. The smallest absolute Gasteiger partial charge is 0.152 e. The maximum absolute atomic E-state index is 11.2. The zero-order valence-corrected chi connectivity index (χ0v) is 10.3. The van der Waals surface area contributed by atoms with Crippen LogP contribution in [0.1, 0.15) is 13.3 Å². The van der Waals surface area contributed by atoms with Gasteiger partial charge in [0.25, 0.3) is 0 Å². The van der Waals surface area contributed by atoms with Gasteiger partial charge < -0.3 is 14.8 Å². The third-order valence-electron chi connectivity index (χ3n) is 2.94. The molecule has 0 aliphatic carbocycles. The topological polar surface area (TPSA) is 64.6 Å². The van der Waals surface area contributed by atoms with Crippen LogP contribution in [0.25, 0.3) is 0 Å². The number of morpholine rings is 1. The van der Waals surface area contributed by atoms with E-state index in [4.69, 9.17) is 9.47 Å². The summed E-state index contributed by atoms with van der Waals surface area (Å²) in [4.78, 5) is 0. The van der Waals surface area contributed by atoms with E-state index in [1.807, 2.05) is 6.92 Å². The van der Waals surface area contributed by atoms with Crippen molar-refractivity contribution in [3.63, 3.8) is 0 Å². The quantitative estimate of drug-likeness (QED) is 0.735. The molecule has 0 saturated carbocycles. The van der Waals surface area contributed by atoms with E-state index in [1.165, 1.54) is 0 Å². The minimum Gasteiger partial charge on any atom is -0.374 e. The summed E-state index contributed by atoms with van der Waals surface area (Å²) < 4.78 is 33.7. The summed E-state index contributed by atoms with van der Waals surface area (Å²) in [7, 11) is -2.84. The number of rotatable bonds is 3. The number of nitrogens with one attached hydrogen (secondary N) is 1. The van der Waals surface area contributed by atoms with Crippen molar-refractivity contribution < 1.29 is 17.9 Å². The Labute approximate surface area is 96.4 Å². The molecule has 16 heavy (non-hydrogen) atoms. The summed E-state index contributed by atoms with van der Waals surface area (Å²) in [5.74, 6) is 0.431. The van der Waals surface area contributed by atoms with Crippen LogP contribution >= 0.6 is 0 Å². The first-order valence-electron chi connectivity index (χ1n) is 5.73. The first kappa shape index (κ1) is 12.3. The van der Waals surface area contributed by atoms with Gasteiger partial charge in [0.15, 0.2) is 9.84 Å². The predicted molar refractivity (Wildman–Crippen MR) is 60.2 cm³/mol. The second-order valence-corrected chi connectivity index (χ2v) is 6.81. The Morgan fingerprint density at radius 2 is 2.25 bits per heavy atom. The van der Waals surface area contributed by atoms with Crippen LogP contribution < -0.4 is 5.32 Å². The average molecular weight is 249 g/mol. The van der Waals surface area contributed by atoms with Crippen molar-refractivity contribution in [2.45, 2.75) is 31.7 Å². The highest BCUT2D eigenvalue weighted by atomic mass is 32.2. The number of hydrogen-bond donors (Lipinski definition) is 1. The minimum absolute atomic E-state index is 0.0482. The van der Waals surface area contributed by atoms with Gasteiger partial charge >= 0.3 is 0 Å². The molecule has 0 radical (unpaired) electrons. The van der Waals surface area contributed by atoms with E-state index in [2.05, 4.69) is 5.32 Å².